The van der Waals surface area contributed by atoms with Crippen molar-refractivity contribution in [2.24, 2.45) is 0 Å². The van der Waals surface area contributed by atoms with E-state index in [0.717, 1.165) is 11.3 Å². The summed E-state index contributed by atoms with van der Waals surface area (Å²) in [7, 11) is 0. The minimum Gasteiger partial charge on any atom is -0.314 e. The molecule has 19 heavy (non-hydrogen) atoms. The Morgan fingerprint density at radius 1 is 1.00 bits per heavy atom. The highest BCUT2D eigenvalue weighted by molar-refractivity contribution is 6.30. The molecule has 0 saturated carbocycles. The molecule has 0 atom stereocenters. The fourth-order valence-corrected chi connectivity index (χ4v) is 1.60. The second-order valence-electron chi connectivity index (χ2n) is 3.85. The van der Waals surface area contributed by atoms with Crippen LogP contribution in [0.2, 0.25) is 5.02 Å². The molecule has 2 aromatic rings. The van der Waals surface area contributed by atoms with Gasteiger partial charge in [-0.2, -0.15) is 0 Å². The number of hydrogen-bond donors (Lipinski definition) is 2. The Morgan fingerprint density at radius 2 is 1.68 bits per heavy atom. The van der Waals surface area contributed by atoms with Crippen LogP contribution in [0.4, 0.5) is 10.5 Å². The van der Waals surface area contributed by atoms with Gasteiger partial charge in [0.25, 0.3) is 0 Å². The van der Waals surface area contributed by atoms with Crippen molar-refractivity contribution < 1.29 is 4.79 Å². The van der Waals surface area contributed by atoms with Gasteiger partial charge in [0.1, 0.15) is 0 Å². The third-order valence-corrected chi connectivity index (χ3v) is 2.64. The van der Waals surface area contributed by atoms with E-state index < -0.39 is 0 Å². The SMILES string of the molecule is O=C(N/C=C/c1ccc(Cl)cc1)Nc1ccccc1. The van der Waals surface area contributed by atoms with Gasteiger partial charge in [0.15, 0.2) is 0 Å². The normalized spacial score (nSPS) is 10.4. The lowest BCUT2D eigenvalue weighted by Gasteiger charge is -2.03. The lowest BCUT2D eigenvalue weighted by atomic mass is 10.2. The summed E-state index contributed by atoms with van der Waals surface area (Å²) < 4.78 is 0. The molecule has 0 radical (unpaired) electrons. The average molecular weight is 273 g/mol. The second kappa shape index (κ2) is 6.61. The van der Waals surface area contributed by atoms with Crippen LogP contribution in [0.5, 0.6) is 0 Å². The van der Waals surface area contributed by atoms with Gasteiger partial charge >= 0.3 is 6.03 Å². The molecule has 4 heteroatoms. The highest BCUT2D eigenvalue weighted by Crippen LogP contribution is 2.10. The predicted molar refractivity (Wildman–Crippen MR) is 79.1 cm³/mol. The van der Waals surface area contributed by atoms with E-state index in [9.17, 15) is 4.79 Å². The summed E-state index contributed by atoms with van der Waals surface area (Å²) in [5, 5.41) is 6.03. The van der Waals surface area contributed by atoms with Crippen LogP contribution >= 0.6 is 11.6 Å². The summed E-state index contributed by atoms with van der Waals surface area (Å²) in [6.07, 6.45) is 3.38. The van der Waals surface area contributed by atoms with Gasteiger partial charge in [-0.05, 0) is 35.9 Å². The first-order valence-electron chi connectivity index (χ1n) is 5.79. The smallest absolute Gasteiger partial charge is 0.314 e. The van der Waals surface area contributed by atoms with Crippen molar-refractivity contribution in [2.45, 2.75) is 0 Å². The Morgan fingerprint density at radius 3 is 2.37 bits per heavy atom. The molecule has 2 N–H and O–H groups in total. The van der Waals surface area contributed by atoms with E-state index in [2.05, 4.69) is 10.6 Å². The summed E-state index contributed by atoms with van der Waals surface area (Å²) >= 11 is 5.78. The molecule has 0 saturated heterocycles. The lowest BCUT2D eigenvalue weighted by molar-refractivity contribution is 0.255. The van der Waals surface area contributed by atoms with Gasteiger partial charge in [-0.25, -0.2) is 4.79 Å². The van der Waals surface area contributed by atoms with Gasteiger partial charge in [0.05, 0.1) is 0 Å². The molecule has 96 valence electrons. The number of benzene rings is 2. The van der Waals surface area contributed by atoms with Crippen LogP contribution in [0.15, 0.2) is 60.8 Å². The Bertz CT molecular complexity index is 564. The minimum atomic E-state index is -0.281. The zero-order valence-electron chi connectivity index (χ0n) is 10.1. The summed E-state index contributed by atoms with van der Waals surface area (Å²) in [5.41, 5.74) is 1.71. The van der Waals surface area contributed by atoms with Gasteiger partial charge in [-0.3, -0.25) is 0 Å². The van der Waals surface area contributed by atoms with Gasteiger partial charge in [0.2, 0.25) is 0 Å². The summed E-state index contributed by atoms with van der Waals surface area (Å²) in [6, 6.07) is 16.3. The van der Waals surface area contributed by atoms with Crippen molar-refractivity contribution in [2.75, 3.05) is 5.32 Å². The van der Waals surface area contributed by atoms with Crippen molar-refractivity contribution in [3.63, 3.8) is 0 Å². The monoisotopic (exact) mass is 272 g/mol. The number of carbonyl (C=O) groups is 1. The Labute approximate surface area is 116 Å². The first kappa shape index (κ1) is 13.2. The zero-order valence-corrected chi connectivity index (χ0v) is 10.9. The zero-order chi connectivity index (χ0) is 13.5. The van der Waals surface area contributed by atoms with E-state index in [-0.39, 0.29) is 6.03 Å². The molecule has 0 aliphatic rings. The first-order chi connectivity index (χ1) is 9.24. The van der Waals surface area contributed by atoms with Crippen molar-refractivity contribution >= 4 is 29.4 Å². The maximum atomic E-state index is 11.6. The third-order valence-electron chi connectivity index (χ3n) is 2.39. The van der Waals surface area contributed by atoms with E-state index in [1.807, 2.05) is 42.5 Å². The third kappa shape index (κ3) is 4.48. The topological polar surface area (TPSA) is 41.1 Å². The molecule has 2 amide bonds. The molecule has 0 aromatic heterocycles. The highest BCUT2D eigenvalue weighted by Gasteiger charge is 1.97. The number of nitrogens with one attached hydrogen (secondary N) is 2. The van der Waals surface area contributed by atoms with Crippen molar-refractivity contribution in [3.05, 3.63) is 71.4 Å². The lowest BCUT2D eigenvalue weighted by Crippen LogP contribution is -2.23. The van der Waals surface area contributed by atoms with E-state index in [1.54, 1.807) is 24.4 Å². The molecule has 0 aliphatic heterocycles. The number of halogens is 1. The van der Waals surface area contributed by atoms with E-state index >= 15 is 0 Å². The molecule has 0 unspecified atom stereocenters. The number of carbonyl (C=O) groups excluding carboxylic acids is 1. The van der Waals surface area contributed by atoms with Crippen molar-refractivity contribution in [3.8, 4) is 0 Å². The maximum Gasteiger partial charge on any atom is 0.323 e. The fourth-order valence-electron chi connectivity index (χ4n) is 1.48. The highest BCUT2D eigenvalue weighted by atomic mass is 35.5. The number of anilines is 1. The molecule has 3 nitrogen and oxygen atoms in total. The van der Waals surface area contributed by atoms with Crippen LogP contribution in [0, 0.1) is 0 Å². The van der Waals surface area contributed by atoms with Gasteiger partial charge in [0, 0.05) is 16.9 Å². The molecule has 0 heterocycles. The van der Waals surface area contributed by atoms with Gasteiger partial charge in [-0.15, -0.1) is 0 Å². The van der Waals surface area contributed by atoms with Crippen LogP contribution in [0.3, 0.4) is 0 Å². The molecule has 0 bridgehead atoms. The molecule has 2 aromatic carbocycles. The Balaban J connectivity index is 1.85. The Kier molecular flexibility index (Phi) is 4.59. The number of rotatable bonds is 3. The first-order valence-corrected chi connectivity index (χ1v) is 6.16. The minimum absolute atomic E-state index is 0.281. The van der Waals surface area contributed by atoms with Crippen molar-refractivity contribution in [1.82, 2.24) is 5.32 Å². The fraction of sp³-hybridized carbons (Fsp3) is 0. The number of amides is 2. The summed E-state index contributed by atoms with van der Waals surface area (Å²) in [5.74, 6) is 0. The van der Waals surface area contributed by atoms with Crippen LogP contribution in [0.1, 0.15) is 5.56 Å². The Hall–Kier alpha value is -2.26. The quantitative estimate of drug-likeness (QED) is 0.866. The van der Waals surface area contributed by atoms with E-state index in [4.69, 9.17) is 11.6 Å². The molecule has 0 fully saturated rings. The van der Waals surface area contributed by atoms with Gasteiger partial charge in [-0.1, -0.05) is 41.9 Å². The number of hydrogen-bond acceptors (Lipinski definition) is 1. The van der Waals surface area contributed by atoms with Gasteiger partial charge < -0.3 is 10.6 Å². The molecule has 2 rings (SSSR count). The van der Waals surface area contributed by atoms with Crippen LogP contribution in [-0.2, 0) is 0 Å². The molecule has 0 spiro atoms. The predicted octanol–water partition coefficient (Wildman–Crippen LogP) is 4.13. The second-order valence-corrected chi connectivity index (χ2v) is 4.29. The van der Waals surface area contributed by atoms with Crippen LogP contribution in [-0.4, -0.2) is 6.03 Å². The van der Waals surface area contributed by atoms with E-state index in [0.29, 0.717) is 5.02 Å². The summed E-state index contributed by atoms with van der Waals surface area (Å²) in [4.78, 5) is 11.6. The standard InChI is InChI=1S/C15H13ClN2O/c16-13-8-6-12(7-9-13)10-11-17-15(19)18-14-4-2-1-3-5-14/h1-11H,(H2,17,18,19)/b11-10+. The van der Waals surface area contributed by atoms with E-state index in [1.165, 1.54) is 0 Å². The largest absolute Gasteiger partial charge is 0.323 e. The molecular formula is C15H13ClN2O. The molecule has 0 aliphatic carbocycles. The van der Waals surface area contributed by atoms with Crippen LogP contribution < -0.4 is 10.6 Å². The maximum absolute atomic E-state index is 11.6. The average Bonchev–Trinajstić information content (AvgIpc) is 2.42. The number of urea groups is 1. The number of para-hydroxylation sites is 1. The summed E-state index contributed by atoms with van der Waals surface area (Å²) in [6.45, 7) is 0. The molecular weight excluding hydrogens is 260 g/mol. The van der Waals surface area contributed by atoms with Crippen molar-refractivity contribution in [1.29, 1.82) is 0 Å². The van der Waals surface area contributed by atoms with Crippen LogP contribution in [0.25, 0.3) is 6.08 Å².